The topological polar surface area (TPSA) is 59.0 Å². The zero-order chi connectivity index (χ0) is 17.5. The fraction of sp³-hybridized carbons (Fsp3) is 0.550. The van der Waals surface area contributed by atoms with E-state index in [0.29, 0.717) is 17.7 Å². The maximum Gasteiger partial charge on any atom is 0.166 e. The van der Waals surface area contributed by atoms with Crippen LogP contribution in [0.15, 0.2) is 18.2 Å². The Balaban J connectivity index is 1.87. The van der Waals surface area contributed by atoms with Crippen molar-refractivity contribution in [3.8, 4) is 11.5 Å². The van der Waals surface area contributed by atoms with Crippen LogP contribution in [0.3, 0.4) is 0 Å². The zero-order valence-corrected chi connectivity index (χ0v) is 14.8. The van der Waals surface area contributed by atoms with Gasteiger partial charge in [0.15, 0.2) is 17.3 Å². The van der Waals surface area contributed by atoms with Crippen LogP contribution < -0.4 is 9.47 Å². The molecule has 5 rings (SSSR count). The average Bonchev–Trinajstić information content (AvgIpc) is 2.94. The first kappa shape index (κ1) is 15.4. The lowest BCUT2D eigenvalue weighted by molar-refractivity contribution is -0.0453. The Morgan fingerprint density at radius 3 is 2.96 bits per heavy atom. The highest BCUT2D eigenvalue weighted by atomic mass is 16.5. The number of carbonyl (C=O) groups is 1. The van der Waals surface area contributed by atoms with Gasteiger partial charge in [-0.25, -0.2) is 0 Å². The summed E-state index contributed by atoms with van der Waals surface area (Å²) in [4.78, 5) is 14.8. The molecule has 1 fully saturated rings. The van der Waals surface area contributed by atoms with E-state index >= 15 is 0 Å². The van der Waals surface area contributed by atoms with Gasteiger partial charge in [0.25, 0.3) is 0 Å². The van der Waals surface area contributed by atoms with Crippen LogP contribution in [0.2, 0.25) is 0 Å². The third kappa shape index (κ3) is 1.68. The number of methoxy groups -OCH3 is 1. The average molecular weight is 341 g/mol. The lowest BCUT2D eigenvalue weighted by Gasteiger charge is -2.56. The molecule has 5 nitrogen and oxygen atoms in total. The molecular formula is C20H23NO4. The molecule has 0 radical (unpaired) electrons. The van der Waals surface area contributed by atoms with Crippen LogP contribution in [0.5, 0.6) is 11.5 Å². The second kappa shape index (κ2) is 4.86. The molecule has 25 heavy (non-hydrogen) atoms. The standard InChI is InChI=1S/C20H23NO4/c1-10(22)11-9-16(24-3)18-17-12(11)8-14-13-4-5-15(23)19(25-18)20(13,17)6-7-21(14)2/h4-5,9,13-15,19,23H,6-8H2,1-3H3. The fourth-order valence-corrected chi connectivity index (χ4v) is 5.78. The van der Waals surface area contributed by atoms with Crippen LogP contribution in [-0.4, -0.2) is 54.7 Å². The van der Waals surface area contributed by atoms with Crippen LogP contribution in [0, 0.1) is 5.92 Å². The van der Waals surface area contributed by atoms with E-state index in [1.165, 1.54) is 0 Å². The number of likely N-dealkylation sites (N-methyl/N-ethyl adjacent to an activating group) is 1. The third-order valence-electron chi connectivity index (χ3n) is 6.86. The molecule has 5 heteroatoms. The van der Waals surface area contributed by atoms with E-state index in [0.717, 1.165) is 41.8 Å². The van der Waals surface area contributed by atoms with E-state index < -0.39 is 6.10 Å². The number of carbonyl (C=O) groups excluding carboxylic acids is 1. The van der Waals surface area contributed by atoms with Crippen LogP contribution in [0.1, 0.15) is 34.8 Å². The van der Waals surface area contributed by atoms with Gasteiger partial charge in [-0.2, -0.15) is 0 Å². The van der Waals surface area contributed by atoms with Crippen LogP contribution in [0.4, 0.5) is 0 Å². The number of hydrogen-bond acceptors (Lipinski definition) is 5. The van der Waals surface area contributed by atoms with E-state index in [2.05, 4.69) is 18.0 Å². The van der Waals surface area contributed by atoms with E-state index in [1.54, 1.807) is 14.0 Å². The monoisotopic (exact) mass is 341 g/mol. The molecule has 0 aromatic heterocycles. The van der Waals surface area contributed by atoms with E-state index in [4.69, 9.17) is 9.47 Å². The van der Waals surface area contributed by atoms with Gasteiger partial charge in [0.05, 0.1) is 7.11 Å². The summed E-state index contributed by atoms with van der Waals surface area (Å²) < 4.78 is 11.9. The van der Waals surface area contributed by atoms with Gasteiger partial charge in [-0.05, 0) is 45.0 Å². The Hall–Kier alpha value is -1.85. The Labute approximate surface area is 147 Å². The Morgan fingerprint density at radius 2 is 2.24 bits per heavy atom. The molecule has 0 amide bonds. The van der Waals surface area contributed by atoms with Crippen LogP contribution in [-0.2, 0) is 11.8 Å². The number of hydrogen-bond donors (Lipinski definition) is 1. The lowest BCUT2D eigenvalue weighted by Crippen LogP contribution is -2.64. The molecule has 132 valence electrons. The minimum absolute atomic E-state index is 0.0574. The second-order valence-corrected chi connectivity index (χ2v) is 7.85. The quantitative estimate of drug-likeness (QED) is 0.655. The summed E-state index contributed by atoms with van der Waals surface area (Å²) in [5, 5.41) is 10.7. The van der Waals surface area contributed by atoms with Crippen LogP contribution >= 0.6 is 0 Å². The molecule has 0 saturated carbocycles. The van der Waals surface area contributed by atoms with Crippen molar-refractivity contribution >= 4 is 5.78 Å². The minimum Gasteiger partial charge on any atom is -0.493 e. The minimum atomic E-state index is -0.635. The van der Waals surface area contributed by atoms with Crippen molar-refractivity contribution in [1.82, 2.24) is 4.90 Å². The van der Waals surface area contributed by atoms with Crippen molar-refractivity contribution in [1.29, 1.82) is 0 Å². The fourth-order valence-electron chi connectivity index (χ4n) is 5.78. The number of rotatable bonds is 2. The first-order valence-corrected chi connectivity index (χ1v) is 8.97. The number of ether oxygens (including phenoxy) is 2. The normalized spacial score (nSPS) is 37.4. The van der Waals surface area contributed by atoms with E-state index in [-0.39, 0.29) is 17.3 Å². The second-order valence-electron chi connectivity index (χ2n) is 7.85. The SMILES string of the molecule is COc1cc(C(C)=O)c2c3c1OC1C(O)C=CC4C(C2)N(C)CCC341. The van der Waals surface area contributed by atoms with Gasteiger partial charge in [0.1, 0.15) is 12.2 Å². The van der Waals surface area contributed by atoms with Crippen molar-refractivity contribution in [3.05, 3.63) is 34.9 Å². The smallest absolute Gasteiger partial charge is 0.166 e. The van der Waals surface area contributed by atoms with Gasteiger partial charge in [-0.15, -0.1) is 0 Å². The summed E-state index contributed by atoms with van der Waals surface area (Å²) in [6.45, 7) is 2.58. The number of aliphatic hydroxyl groups is 1. The molecule has 1 spiro atoms. The summed E-state index contributed by atoms with van der Waals surface area (Å²) in [5.41, 5.74) is 2.70. The first-order valence-electron chi connectivity index (χ1n) is 8.97. The molecule has 1 N–H and O–H groups in total. The molecule has 1 saturated heterocycles. The van der Waals surface area contributed by atoms with Crippen molar-refractivity contribution in [2.45, 2.75) is 43.4 Å². The molecule has 2 bridgehead atoms. The lowest BCUT2D eigenvalue weighted by atomic mass is 9.53. The number of ketones is 1. The highest BCUT2D eigenvalue weighted by Crippen LogP contribution is 2.63. The summed E-state index contributed by atoms with van der Waals surface area (Å²) in [5.74, 6) is 1.70. The van der Waals surface area contributed by atoms with E-state index in [1.807, 2.05) is 12.1 Å². The molecule has 5 unspecified atom stereocenters. The Morgan fingerprint density at radius 1 is 1.44 bits per heavy atom. The molecule has 1 aromatic carbocycles. The summed E-state index contributed by atoms with van der Waals surface area (Å²) in [6.07, 6.45) is 4.88. The number of aliphatic hydroxyl groups excluding tert-OH is 1. The van der Waals surface area contributed by atoms with E-state index in [9.17, 15) is 9.90 Å². The summed E-state index contributed by atoms with van der Waals surface area (Å²) >= 11 is 0. The number of Topliss-reactive ketones (excluding diaryl/α,β-unsaturated/α-hetero) is 1. The maximum atomic E-state index is 12.4. The molecule has 2 aliphatic heterocycles. The Kier molecular flexibility index (Phi) is 3.00. The first-order chi connectivity index (χ1) is 12.0. The predicted octanol–water partition coefficient (Wildman–Crippen LogP) is 1.70. The largest absolute Gasteiger partial charge is 0.493 e. The summed E-state index contributed by atoms with van der Waals surface area (Å²) in [6, 6.07) is 2.15. The van der Waals surface area contributed by atoms with Gasteiger partial charge < -0.3 is 19.5 Å². The van der Waals surface area contributed by atoms with Gasteiger partial charge >= 0.3 is 0 Å². The van der Waals surface area contributed by atoms with Gasteiger partial charge in [-0.1, -0.05) is 12.2 Å². The molecule has 4 aliphatic rings. The molecule has 2 heterocycles. The van der Waals surface area contributed by atoms with Gasteiger partial charge in [0, 0.05) is 28.5 Å². The third-order valence-corrected chi connectivity index (χ3v) is 6.86. The van der Waals surface area contributed by atoms with Crippen molar-refractivity contribution in [2.75, 3.05) is 20.7 Å². The zero-order valence-electron chi connectivity index (χ0n) is 14.8. The van der Waals surface area contributed by atoms with Crippen LogP contribution in [0.25, 0.3) is 0 Å². The Bertz CT molecular complexity index is 816. The number of benzene rings is 1. The summed E-state index contributed by atoms with van der Waals surface area (Å²) in [7, 11) is 3.77. The molecule has 1 aromatic rings. The molecule has 5 atom stereocenters. The molecular weight excluding hydrogens is 318 g/mol. The highest BCUT2D eigenvalue weighted by molar-refractivity contribution is 5.97. The van der Waals surface area contributed by atoms with Crippen molar-refractivity contribution in [3.63, 3.8) is 0 Å². The molecule has 2 aliphatic carbocycles. The number of piperidine rings is 1. The van der Waals surface area contributed by atoms with Gasteiger partial charge in [-0.3, -0.25) is 4.79 Å². The number of likely N-dealkylation sites (tertiary alicyclic amines) is 1. The van der Waals surface area contributed by atoms with Gasteiger partial charge in [0.2, 0.25) is 0 Å². The maximum absolute atomic E-state index is 12.4. The van der Waals surface area contributed by atoms with Crippen molar-refractivity contribution in [2.24, 2.45) is 5.92 Å². The predicted molar refractivity (Wildman–Crippen MR) is 92.5 cm³/mol. The number of nitrogens with zero attached hydrogens (tertiary/aromatic N) is 1. The van der Waals surface area contributed by atoms with Crippen molar-refractivity contribution < 1.29 is 19.4 Å². The highest BCUT2D eigenvalue weighted by Gasteiger charge is 2.64.